The standard InChI is InChI=1S/C18H18F2INO4/c1-22(10-11-4-6-12(7-5-11)26-18(19)20)17(23)13-8-15(24-2)16(25-3)9-14(13)21/h4-9,18H,10H2,1-3H3. The molecule has 2 rings (SSSR count). The molecular formula is C18H18F2INO4. The van der Waals surface area contributed by atoms with Gasteiger partial charge in [0.05, 0.1) is 19.8 Å². The summed E-state index contributed by atoms with van der Waals surface area (Å²) in [6.07, 6.45) is 0. The van der Waals surface area contributed by atoms with Crippen molar-refractivity contribution >= 4 is 28.5 Å². The number of halogens is 3. The molecule has 0 spiro atoms. The maximum Gasteiger partial charge on any atom is 0.387 e. The zero-order valence-electron chi connectivity index (χ0n) is 14.5. The van der Waals surface area contributed by atoms with Crippen LogP contribution in [0.25, 0.3) is 0 Å². The molecule has 5 nitrogen and oxygen atoms in total. The van der Waals surface area contributed by atoms with Gasteiger partial charge in [-0.2, -0.15) is 8.78 Å². The van der Waals surface area contributed by atoms with Crippen molar-refractivity contribution in [1.29, 1.82) is 0 Å². The van der Waals surface area contributed by atoms with Gasteiger partial charge in [0, 0.05) is 17.2 Å². The normalized spacial score (nSPS) is 10.6. The van der Waals surface area contributed by atoms with Crippen LogP contribution in [0.2, 0.25) is 0 Å². The first kappa shape index (κ1) is 20.2. The minimum atomic E-state index is -2.86. The van der Waals surface area contributed by atoms with Crippen molar-refractivity contribution in [3.63, 3.8) is 0 Å². The number of nitrogens with zero attached hydrogens (tertiary/aromatic N) is 1. The predicted octanol–water partition coefficient (Wildman–Crippen LogP) is 4.18. The van der Waals surface area contributed by atoms with E-state index in [2.05, 4.69) is 27.3 Å². The van der Waals surface area contributed by atoms with E-state index in [4.69, 9.17) is 9.47 Å². The van der Waals surface area contributed by atoms with Crippen molar-refractivity contribution in [3.8, 4) is 17.2 Å². The molecule has 0 aliphatic rings. The van der Waals surface area contributed by atoms with Crippen LogP contribution >= 0.6 is 22.6 Å². The fraction of sp³-hybridized carbons (Fsp3) is 0.278. The van der Waals surface area contributed by atoms with E-state index in [1.165, 1.54) is 31.3 Å². The van der Waals surface area contributed by atoms with Crippen LogP contribution < -0.4 is 14.2 Å². The molecule has 0 bridgehead atoms. The summed E-state index contributed by atoms with van der Waals surface area (Å²) in [5.41, 5.74) is 1.28. The smallest absolute Gasteiger partial charge is 0.387 e. The molecule has 2 aromatic rings. The first-order chi connectivity index (χ1) is 12.3. The maximum atomic E-state index is 12.8. The van der Waals surface area contributed by atoms with Crippen LogP contribution in [0.3, 0.4) is 0 Å². The highest BCUT2D eigenvalue weighted by atomic mass is 127. The summed E-state index contributed by atoms with van der Waals surface area (Å²) in [7, 11) is 4.70. The Bertz CT molecular complexity index is 769. The Labute approximate surface area is 164 Å². The van der Waals surface area contributed by atoms with E-state index in [0.717, 1.165) is 9.13 Å². The largest absolute Gasteiger partial charge is 0.493 e. The lowest BCUT2D eigenvalue weighted by molar-refractivity contribution is -0.0498. The van der Waals surface area contributed by atoms with Crippen LogP contribution in [0.5, 0.6) is 17.2 Å². The third-order valence-corrected chi connectivity index (χ3v) is 4.51. The van der Waals surface area contributed by atoms with Crippen molar-refractivity contribution in [2.75, 3.05) is 21.3 Å². The molecule has 2 aromatic carbocycles. The van der Waals surface area contributed by atoms with Gasteiger partial charge in [-0.05, 0) is 52.4 Å². The summed E-state index contributed by atoms with van der Waals surface area (Å²) >= 11 is 2.07. The number of rotatable bonds is 7. The summed E-state index contributed by atoms with van der Waals surface area (Å²) < 4.78 is 39.9. The summed E-state index contributed by atoms with van der Waals surface area (Å²) in [4.78, 5) is 14.3. The van der Waals surface area contributed by atoms with Gasteiger partial charge >= 0.3 is 6.61 Å². The molecule has 0 unspecified atom stereocenters. The van der Waals surface area contributed by atoms with Gasteiger partial charge in [0.1, 0.15) is 5.75 Å². The molecule has 0 aromatic heterocycles. The number of methoxy groups -OCH3 is 2. The van der Waals surface area contributed by atoms with E-state index in [0.29, 0.717) is 23.6 Å². The third-order valence-electron chi connectivity index (χ3n) is 3.62. The number of carbonyl (C=O) groups excluding carboxylic acids is 1. The average Bonchev–Trinajstić information content (AvgIpc) is 2.62. The number of benzene rings is 2. The second-order valence-corrected chi connectivity index (χ2v) is 6.53. The van der Waals surface area contributed by atoms with E-state index >= 15 is 0 Å². The van der Waals surface area contributed by atoms with Gasteiger partial charge in [-0.25, -0.2) is 0 Å². The lowest BCUT2D eigenvalue weighted by Crippen LogP contribution is -2.27. The van der Waals surface area contributed by atoms with Gasteiger partial charge < -0.3 is 19.1 Å². The summed E-state index contributed by atoms with van der Waals surface area (Å²) in [6, 6.07) is 9.54. The first-order valence-electron chi connectivity index (χ1n) is 7.56. The molecule has 0 heterocycles. The van der Waals surface area contributed by atoms with Crippen LogP contribution in [0.1, 0.15) is 15.9 Å². The van der Waals surface area contributed by atoms with Crippen LogP contribution in [0.15, 0.2) is 36.4 Å². The van der Waals surface area contributed by atoms with Crippen molar-refractivity contribution < 1.29 is 27.8 Å². The van der Waals surface area contributed by atoms with Crippen molar-refractivity contribution in [3.05, 3.63) is 51.1 Å². The van der Waals surface area contributed by atoms with Gasteiger partial charge in [0.2, 0.25) is 0 Å². The van der Waals surface area contributed by atoms with Gasteiger partial charge in [0.15, 0.2) is 11.5 Å². The second kappa shape index (κ2) is 9.02. The molecule has 26 heavy (non-hydrogen) atoms. The van der Waals surface area contributed by atoms with Gasteiger partial charge in [-0.3, -0.25) is 4.79 Å². The van der Waals surface area contributed by atoms with Crippen LogP contribution in [-0.4, -0.2) is 38.7 Å². The zero-order valence-corrected chi connectivity index (χ0v) is 16.6. The Morgan fingerprint density at radius 1 is 1.12 bits per heavy atom. The molecule has 1 amide bonds. The fourth-order valence-corrected chi connectivity index (χ4v) is 3.01. The van der Waals surface area contributed by atoms with Gasteiger partial charge in [-0.15, -0.1) is 0 Å². The molecule has 0 saturated carbocycles. The highest BCUT2D eigenvalue weighted by molar-refractivity contribution is 14.1. The van der Waals surface area contributed by atoms with Crippen molar-refractivity contribution in [1.82, 2.24) is 4.90 Å². The Morgan fingerprint density at radius 3 is 2.23 bits per heavy atom. The minimum absolute atomic E-state index is 0.0761. The second-order valence-electron chi connectivity index (χ2n) is 5.37. The predicted molar refractivity (Wildman–Crippen MR) is 101 cm³/mol. The molecule has 0 saturated heterocycles. The number of ether oxygens (including phenoxy) is 3. The van der Waals surface area contributed by atoms with E-state index in [-0.39, 0.29) is 11.7 Å². The molecule has 8 heteroatoms. The van der Waals surface area contributed by atoms with E-state index in [1.807, 2.05) is 0 Å². The van der Waals surface area contributed by atoms with Crippen molar-refractivity contribution in [2.45, 2.75) is 13.2 Å². The van der Waals surface area contributed by atoms with Crippen molar-refractivity contribution in [2.24, 2.45) is 0 Å². The third kappa shape index (κ3) is 4.96. The molecule has 140 valence electrons. The van der Waals surface area contributed by atoms with E-state index in [9.17, 15) is 13.6 Å². The Kier molecular flexibility index (Phi) is 7.01. The molecule has 0 N–H and O–H groups in total. The number of carbonyl (C=O) groups is 1. The average molecular weight is 477 g/mol. The Balaban J connectivity index is 2.14. The number of amides is 1. The highest BCUT2D eigenvalue weighted by Gasteiger charge is 2.19. The Hall–Kier alpha value is -2.10. The van der Waals surface area contributed by atoms with Gasteiger partial charge in [-0.1, -0.05) is 12.1 Å². The minimum Gasteiger partial charge on any atom is -0.493 e. The van der Waals surface area contributed by atoms with E-state index in [1.54, 1.807) is 31.3 Å². The summed E-state index contributed by atoms with van der Waals surface area (Å²) in [5.74, 6) is 0.902. The number of hydrogen-bond donors (Lipinski definition) is 0. The van der Waals surface area contributed by atoms with Crippen LogP contribution in [-0.2, 0) is 6.54 Å². The maximum absolute atomic E-state index is 12.8. The quantitative estimate of drug-likeness (QED) is 0.562. The SMILES string of the molecule is COc1cc(I)c(C(=O)N(C)Cc2ccc(OC(F)F)cc2)cc1OC. The fourth-order valence-electron chi connectivity index (χ4n) is 2.35. The molecular weight excluding hydrogens is 459 g/mol. The molecule has 0 aliphatic heterocycles. The molecule has 0 atom stereocenters. The Morgan fingerprint density at radius 2 is 1.69 bits per heavy atom. The molecule has 0 aliphatic carbocycles. The number of alkyl halides is 2. The lowest BCUT2D eigenvalue weighted by atomic mass is 10.1. The topological polar surface area (TPSA) is 48.0 Å². The summed E-state index contributed by atoms with van der Waals surface area (Å²) in [5, 5.41) is 0. The zero-order chi connectivity index (χ0) is 19.3. The number of hydrogen-bond acceptors (Lipinski definition) is 4. The van der Waals surface area contributed by atoms with E-state index < -0.39 is 6.61 Å². The highest BCUT2D eigenvalue weighted by Crippen LogP contribution is 2.32. The monoisotopic (exact) mass is 477 g/mol. The van der Waals surface area contributed by atoms with Crippen LogP contribution in [0, 0.1) is 3.57 Å². The molecule has 0 fully saturated rings. The first-order valence-corrected chi connectivity index (χ1v) is 8.64. The summed E-state index contributed by atoms with van der Waals surface area (Å²) in [6.45, 7) is -2.55. The van der Waals surface area contributed by atoms with Gasteiger partial charge in [0.25, 0.3) is 5.91 Å². The lowest BCUT2D eigenvalue weighted by Gasteiger charge is -2.19. The molecule has 0 radical (unpaired) electrons. The van der Waals surface area contributed by atoms with Crippen LogP contribution in [0.4, 0.5) is 8.78 Å².